The van der Waals surface area contributed by atoms with E-state index in [0.717, 1.165) is 11.3 Å². The first-order valence-electron chi connectivity index (χ1n) is 9.33. The predicted octanol–water partition coefficient (Wildman–Crippen LogP) is 1.31. The lowest BCUT2D eigenvalue weighted by Crippen LogP contribution is -2.39. The molecule has 1 aliphatic rings. The number of nitrogens with one attached hydrogen (secondary N) is 1. The fourth-order valence-electron chi connectivity index (χ4n) is 3.27. The van der Waals surface area contributed by atoms with Gasteiger partial charge in [-0.25, -0.2) is 17.8 Å². The Hall–Kier alpha value is -3.24. The number of sulfonamides is 1. The van der Waals surface area contributed by atoms with Gasteiger partial charge in [0.1, 0.15) is 18.0 Å². The van der Waals surface area contributed by atoms with Gasteiger partial charge in [-0.1, -0.05) is 41.6 Å². The summed E-state index contributed by atoms with van der Waals surface area (Å²) in [7, 11) is -2.28. The monoisotopic (exact) mass is 427 g/mol. The van der Waals surface area contributed by atoms with Crippen LogP contribution in [0.25, 0.3) is 0 Å². The van der Waals surface area contributed by atoms with Gasteiger partial charge in [0.25, 0.3) is 0 Å². The molecular weight excluding hydrogens is 406 g/mol. The minimum absolute atomic E-state index is 0.0256. The van der Waals surface area contributed by atoms with Crippen molar-refractivity contribution in [2.75, 3.05) is 7.11 Å². The first-order valence-corrected chi connectivity index (χ1v) is 10.8. The quantitative estimate of drug-likeness (QED) is 0.609. The van der Waals surface area contributed by atoms with E-state index >= 15 is 0 Å². The molecule has 0 saturated heterocycles. The molecule has 0 atom stereocenters. The number of carbonyl (C=O) groups is 1. The molecule has 3 aromatic rings. The fraction of sp³-hybridized carbons (Fsp3) is 0.250. The van der Waals surface area contributed by atoms with Crippen molar-refractivity contribution in [1.82, 2.24) is 24.6 Å². The van der Waals surface area contributed by atoms with Crippen molar-refractivity contribution in [3.63, 3.8) is 0 Å². The first kappa shape index (κ1) is 20.0. The Morgan fingerprint density at radius 3 is 2.67 bits per heavy atom. The van der Waals surface area contributed by atoms with E-state index in [-0.39, 0.29) is 23.9 Å². The number of nitrogens with zero attached hydrogens (tertiary/aromatic N) is 4. The Bertz CT molecular complexity index is 1160. The van der Waals surface area contributed by atoms with E-state index in [1.807, 2.05) is 30.3 Å². The molecule has 4 rings (SSSR count). The highest BCUT2D eigenvalue weighted by atomic mass is 32.2. The predicted molar refractivity (Wildman–Crippen MR) is 108 cm³/mol. The molecule has 0 radical (unpaired) electrons. The van der Waals surface area contributed by atoms with E-state index < -0.39 is 10.0 Å². The molecule has 2 aromatic carbocycles. The molecule has 1 aliphatic heterocycles. The SMILES string of the molecule is COc1cccc(S(=O)(=O)NCc2nnn3c2CN(Cc2ccccc2)C(=O)C3)c1. The summed E-state index contributed by atoms with van der Waals surface area (Å²) in [4.78, 5) is 14.3. The largest absolute Gasteiger partial charge is 0.497 e. The van der Waals surface area contributed by atoms with E-state index in [1.54, 1.807) is 17.0 Å². The summed E-state index contributed by atoms with van der Waals surface area (Å²) in [5, 5.41) is 8.10. The van der Waals surface area contributed by atoms with Gasteiger partial charge in [-0.3, -0.25) is 4.79 Å². The van der Waals surface area contributed by atoms with Crippen molar-refractivity contribution >= 4 is 15.9 Å². The molecule has 0 unspecified atom stereocenters. The van der Waals surface area contributed by atoms with Crippen LogP contribution >= 0.6 is 0 Å². The maximum Gasteiger partial charge on any atom is 0.245 e. The second-order valence-electron chi connectivity index (χ2n) is 6.88. The number of hydrogen-bond acceptors (Lipinski definition) is 6. The molecule has 1 N–H and O–H groups in total. The van der Waals surface area contributed by atoms with Gasteiger partial charge >= 0.3 is 0 Å². The van der Waals surface area contributed by atoms with Crippen LogP contribution < -0.4 is 9.46 Å². The lowest BCUT2D eigenvalue weighted by Gasteiger charge is -2.27. The summed E-state index contributed by atoms with van der Waals surface area (Å²) in [6.07, 6.45) is 0. The lowest BCUT2D eigenvalue weighted by molar-refractivity contribution is -0.135. The standard InChI is InChI=1S/C20H21N5O4S/c1-29-16-8-5-9-17(10-16)30(27,28)21-11-18-19-13-24(12-15-6-3-2-4-7-15)20(26)14-25(19)23-22-18/h2-10,21H,11-14H2,1H3. The van der Waals surface area contributed by atoms with Crippen LogP contribution in [0.1, 0.15) is 17.0 Å². The number of hydrogen-bond donors (Lipinski definition) is 1. The van der Waals surface area contributed by atoms with Crippen LogP contribution in [0, 0.1) is 0 Å². The fourth-order valence-corrected chi connectivity index (χ4v) is 4.29. The molecule has 9 nitrogen and oxygen atoms in total. The van der Waals surface area contributed by atoms with Crippen LogP contribution in [-0.4, -0.2) is 41.3 Å². The van der Waals surface area contributed by atoms with Crippen LogP contribution in [-0.2, 0) is 41.0 Å². The van der Waals surface area contributed by atoms with Gasteiger partial charge in [0.05, 0.1) is 30.8 Å². The van der Waals surface area contributed by atoms with Gasteiger partial charge in [-0.15, -0.1) is 5.10 Å². The van der Waals surface area contributed by atoms with Crippen LogP contribution in [0.15, 0.2) is 59.5 Å². The van der Waals surface area contributed by atoms with Crippen LogP contribution in [0.2, 0.25) is 0 Å². The smallest absolute Gasteiger partial charge is 0.245 e. The number of fused-ring (bicyclic) bond motifs is 1. The molecule has 0 fully saturated rings. The van der Waals surface area contributed by atoms with E-state index in [2.05, 4.69) is 15.0 Å². The average Bonchev–Trinajstić information content (AvgIpc) is 3.15. The molecular formula is C20H21N5O4S. The highest BCUT2D eigenvalue weighted by molar-refractivity contribution is 7.89. The minimum atomic E-state index is -3.76. The highest BCUT2D eigenvalue weighted by Gasteiger charge is 2.27. The van der Waals surface area contributed by atoms with E-state index in [9.17, 15) is 13.2 Å². The molecule has 0 aliphatic carbocycles. The highest BCUT2D eigenvalue weighted by Crippen LogP contribution is 2.20. The van der Waals surface area contributed by atoms with Crippen molar-refractivity contribution < 1.29 is 17.9 Å². The summed E-state index contributed by atoms with van der Waals surface area (Å²) < 4.78 is 34.4. The number of methoxy groups -OCH3 is 1. The maximum atomic E-state index is 12.6. The topological polar surface area (TPSA) is 106 Å². The molecule has 30 heavy (non-hydrogen) atoms. The number of amides is 1. The van der Waals surface area contributed by atoms with Crippen molar-refractivity contribution in [2.45, 2.75) is 31.1 Å². The lowest BCUT2D eigenvalue weighted by atomic mass is 10.2. The zero-order chi connectivity index (χ0) is 21.1. The summed E-state index contributed by atoms with van der Waals surface area (Å²) in [6, 6.07) is 15.9. The second-order valence-corrected chi connectivity index (χ2v) is 8.65. The van der Waals surface area contributed by atoms with E-state index in [0.29, 0.717) is 24.5 Å². The molecule has 10 heteroatoms. The van der Waals surface area contributed by atoms with Crippen molar-refractivity contribution in [3.8, 4) is 5.75 Å². The van der Waals surface area contributed by atoms with Gasteiger partial charge in [0.15, 0.2) is 0 Å². The van der Waals surface area contributed by atoms with Gasteiger partial charge in [0, 0.05) is 12.6 Å². The first-order chi connectivity index (χ1) is 14.5. The molecule has 1 amide bonds. The van der Waals surface area contributed by atoms with Crippen molar-refractivity contribution in [2.24, 2.45) is 0 Å². The van der Waals surface area contributed by atoms with Gasteiger partial charge in [-0.2, -0.15) is 0 Å². The van der Waals surface area contributed by atoms with Gasteiger partial charge in [0.2, 0.25) is 15.9 Å². The summed E-state index contributed by atoms with van der Waals surface area (Å²) in [6.45, 7) is 0.844. The van der Waals surface area contributed by atoms with Crippen LogP contribution in [0.4, 0.5) is 0 Å². The van der Waals surface area contributed by atoms with Crippen molar-refractivity contribution in [3.05, 3.63) is 71.5 Å². The maximum absolute atomic E-state index is 12.6. The third-order valence-electron chi connectivity index (χ3n) is 4.89. The number of ether oxygens (including phenoxy) is 1. The number of carbonyl (C=O) groups excluding carboxylic acids is 1. The molecule has 2 heterocycles. The number of benzene rings is 2. The zero-order valence-corrected chi connectivity index (χ0v) is 17.2. The van der Waals surface area contributed by atoms with Crippen molar-refractivity contribution in [1.29, 1.82) is 0 Å². The Morgan fingerprint density at radius 2 is 1.90 bits per heavy atom. The van der Waals surface area contributed by atoms with Gasteiger partial charge < -0.3 is 9.64 Å². The zero-order valence-electron chi connectivity index (χ0n) is 16.4. The minimum Gasteiger partial charge on any atom is -0.497 e. The Labute approximate surface area is 174 Å². The molecule has 1 aromatic heterocycles. The molecule has 0 bridgehead atoms. The number of rotatable bonds is 7. The van der Waals surface area contributed by atoms with Gasteiger partial charge in [-0.05, 0) is 17.7 Å². The molecule has 156 valence electrons. The Morgan fingerprint density at radius 1 is 1.10 bits per heavy atom. The van der Waals surface area contributed by atoms with E-state index in [4.69, 9.17) is 4.74 Å². The third-order valence-corrected chi connectivity index (χ3v) is 6.29. The normalized spacial score (nSPS) is 13.9. The molecule has 0 saturated carbocycles. The van der Waals surface area contributed by atoms with Crippen LogP contribution in [0.3, 0.4) is 0 Å². The van der Waals surface area contributed by atoms with E-state index in [1.165, 1.54) is 23.9 Å². The molecule has 0 spiro atoms. The Kier molecular flexibility index (Phi) is 5.51. The van der Waals surface area contributed by atoms with Crippen LogP contribution in [0.5, 0.6) is 5.75 Å². The summed E-state index contributed by atoms with van der Waals surface area (Å²) in [5.41, 5.74) is 2.23. The third kappa shape index (κ3) is 4.19. The number of aromatic nitrogens is 3. The summed E-state index contributed by atoms with van der Waals surface area (Å²) in [5.74, 6) is 0.397. The summed E-state index contributed by atoms with van der Waals surface area (Å²) >= 11 is 0. The Balaban J connectivity index is 1.49. The average molecular weight is 427 g/mol. The second kappa shape index (κ2) is 8.25.